The smallest absolute Gasteiger partial charge is 0.406 e. The minimum atomic E-state index is -4.96. The number of hydrogen-bond acceptors (Lipinski definition) is 4. The summed E-state index contributed by atoms with van der Waals surface area (Å²) in [6, 6.07) is 5.72. The van der Waals surface area contributed by atoms with Gasteiger partial charge in [0.1, 0.15) is 23.1 Å². The van der Waals surface area contributed by atoms with E-state index in [1.807, 2.05) is 0 Å². The molecule has 0 saturated heterocycles. The summed E-state index contributed by atoms with van der Waals surface area (Å²) in [6.45, 7) is 0. The van der Waals surface area contributed by atoms with Crippen LogP contribution in [0.2, 0.25) is 0 Å². The summed E-state index contributed by atoms with van der Waals surface area (Å²) < 4.78 is 119. The maximum atomic E-state index is 14.2. The van der Waals surface area contributed by atoms with Crippen LogP contribution < -0.4 is 9.88 Å². The lowest BCUT2D eigenvalue weighted by atomic mass is 10.1. The Kier molecular flexibility index (Phi) is 5.71. The van der Waals surface area contributed by atoms with E-state index >= 15 is 0 Å². The van der Waals surface area contributed by atoms with Crippen LogP contribution in [0.4, 0.5) is 30.7 Å². The third-order valence-electron chi connectivity index (χ3n) is 3.85. The molecule has 0 unspecified atom stereocenters. The van der Waals surface area contributed by atoms with E-state index in [4.69, 9.17) is 5.14 Å². The summed E-state index contributed by atoms with van der Waals surface area (Å²) in [6.07, 6.45) is -8.05. The van der Waals surface area contributed by atoms with Gasteiger partial charge in [-0.25, -0.2) is 35.8 Å². The normalized spacial score (nSPS) is 12.4. The van der Waals surface area contributed by atoms with Gasteiger partial charge in [0.2, 0.25) is 10.0 Å². The first kappa shape index (κ1) is 22.6. The predicted octanol–water partition coefficient (Wildman–Crippen LogP) is 4.30. The fraction of sp³-hybridized carbons (Fsp3) is 0.118. The zero-order valence-corrected chi connectivity index (χ0v) is 15.7. The molecule has 31 heavy (non-hydrogen) atoms. The van der Waals surface area contributed by atoms with Crippen LogP contribution >= 0.6 is 0 Å². The van der Waals surface area contributed by atoms with Crippen LogP contribution in [0.3, 0.4) is 0 Å². The highest BCUT2D eigenvalue weighted by atomic mass is 32.2. The lowest BCUT2D eigenvalue weighted by Gasteiger charge is -2.12. The van der Waals surface area contributed by atoms with Crippen LogP contribution in [0.15, 0.2) is 47.4 Å². The average Bonchev–Trinajstić information content (AvgIpc) is 3.05. The number of ether oxygens (including phenoxy) is 1. The summed E-state index contributed by atoms with van der Waals surface area (Å²) in [7, 11) is -4.75. The van der Waals surface area contributed by atoms with Crippen molar-refractivity contribution in [3.05, 3.63) is 59.8 Å². The van der Waals surface area contributed by atoms with Crippen molar-refractivity contribution < 1.29 is 43.9 Å². The standard InChI is InChI=1S/C17H10F7N3O3S/c18-11-5-8(6-12(19)15(11)31(25,28)29)14-7-13(16(20)21)26-27(14)9-1-3-10(4-2-9)30-17(22,23)24/h1-7,16H,(H2,25,28,29). The number of aromatic nitrogens is 2. The molecule has 166 valence electrons. The molecular weight excluding hydrogens is 459 g/mol. The molecule has 0 fully saturated rings. The molecule has 3 aromatic rings. The van der Waals surface area contributed by atoms with Gasteiger partial charge in [0.15, 0.2) is 4.90 Å². The third-order valence-corrected chi connectivity index (χ3v) is 4.80. The number of rotatable bonds is 5. The molecule has 0 radical (unpaired) electrons. The SMILES string of the molecule is NS(=O)(=O)c1c(F)cc(-c2cc(C(F)F)nn2-c2ccc(OC(F)(F)F)cc2)cc1F. The highest BCUT2D eigenvalue weighted by Gasteiger charge is 2.31. The highest BCUT2D eigenvalue weighted by Crippen LogP contribution is 2.32. The minimum Gasteiger partial charge on any atom is -0.406 e. The number of alkyl halides is 5. The number of nitrogens with two attached hydrogens (primary N) is 1. The van der Waals surface area contributed by atoms with Gasteiger partial charge in [0.05, 0.1) is 11.4 Å². The molecule has 0 spiro atoms. The molecule has 0 atom stereocenters. The first-order chi connectivity index (χ1) is 14.3. The summed E-state index contributed by atoms with van der Waals surface area (Å²) in [5.41, 5.74) is -1.52. The summed E-state index contributed by atoms with van der Waals surface area (Å²) in [5, 5.41) is 8.36. The van der Waals surface area contributed by atoms with Gasteiger partial charge in [-0.05, 0) is 42.5 Å². The van der Waals surface area contributed by atoms with Crippen molar-refractivity contribution in [2.24, 2.45) is 5.14 Å². The lowest BCUT2D eigenvalue weighted by Crippen LogP contribution is -2.17. The highest BCUT2D eigenvalue weighted by molar-refractivity contribution is 7.89. The Hall–Kier alpha value is -3.13. The van der Waals surface area contributed by atoms with Crippen molar-refractivity contribution >= 4 is 10.0 Å². The molecule has 14 heteroatoms. The van der Waals surface area contributed by atoms with Crippen LogP contribution in [0.5, 0.6) is 5.75 Å². The summed E-state index contributed by atoms with van der Waals surface area (Å²) in [4.78, 5) is -1.41. The van der Waals surface area contributed by atoms with E-state index in [-0.39, 0.29) is 16.9 Å². The number of halogens is 7. The van der Waals surface area contributed by atoms with E-state index in [0.717, 1.165) is 35.0 Å². The summed E-state index contributed by atoms with van der Waals surface area (Å²) in [5.74, 6) is -3.75. The second kappa shape index (κ2) is 7.85. The molecule has 2 N–H and O–H groups in total. The third kappa shape index (κ3) is 4.96. The predicted molar refractivity (Wildman–Crippen MR) is 91.9 cm³/mol. The van der Waals surface area contributed by atoms with Crippen LogP contribution in [0, 0.1) is 11.6 Å². The van der Waals surface area contributed by atoms with E-state index in [9.17, 15) is 39.2 Å². The molecular formula is C17H10F7N3O3S. The van der Waals surface area contributed by atoms with Crippen LogP contribution in [0.1, 0.15) is 12.1 Å². The van der Waals surface area contributed by atoms with Crippen molar-refractivity contribution in [1.29, 1.82) is 0 Å². The van der Waals surface area contributed by atoms with Gasteiger partial charge in [-0.15, -0.1) is 13.2 Å². The van der Waals surface area contributed by atoms with Crippen molar-refractivity contribution in [1.82, 2.24) is 9.78 Å². The Labute approximate surface area is 169 Å². The molecule has 1 heterocycles. The minimum absolute atomic E-state index is 0.0484. The zero-order valence-electron chi connectivity index (χ0n) is 14.9. The van der Waals surface area contributed by atoms with E-state index in [0.29, 0.717) is 12.1 Å². The van der Waals surface area contributed by atoms with E-state index in [2.05, 4.69) is 9.84 Å². The van der Waals surface area contributed by atoms with E-state index in [1.165, 1.54) is 0 Å². The van der Waals surface area contributed by atoms with Crippen LogP contribution in [-0.2, 0) is 10.0 Å². The number of hydrogen-bond donors (Lipinski definition) is 1. The first-order valence-corrected chi connectivity index (χ1v) is 9.57. The van der Waals surface area contributed by atoms with E-state index < -0.39 is 50.8 Å². The van der Waals surface area contributed by atoms with E-state index in [1.54, 1.807) is 0 Å². The Morgan fingerprint density at radius 2 is 1.55 bits per heavy atom. The molecule has 0 aliphatic heterocycles. The fourth-order valence-electron chi connectivity index (χ4n) is 2.68. The van der Waals surface area contributed by atoms with Gasteiger partial charge < -0.3 is 4.74 Å². The van der Waals surface area contributed by atoms with Crippen LogP contribution in [-0.4, -0.2) is 24.6 Å². The Balaban J connectivity index is 2.13. The Bertz CT molecular complexity index is 1200. The van der Waals surface area contributed by atoms with Gasteiger partial charge in [0, 0.05) is 5.56 Å². The first-order valence-electron chi connectivity index (χ1n) is 8.03. The van der Waals surface area contributed by atoms with Gasteiger partial charge in [-0.3, -0.25) is 0 Å². The van der Waals surface area contributed by atoms with Gasteiger partial charge >= 0.3 is 6.36 Å². The molecule has 3 rings (SSSR count). The molecule has 1 aromatic heterocycles. The maximum Gasteiger partial charge on any atom is 0.573 e. The van der Waals surface area contributed by atoms with Crippen molar-refractivity contribution in [2.45, 2.75) is 17.7 Å². The molecule has 0 bridgehead atoms. The monoisotopic (exact) mass is 469 g/mol. The lowest BCUT2D eigenvalue weighted by molar-refractivity contribution is -0.274. The number of nitrogens with zero attached hydrogens (tertiary/aromatic N) is 2. The number of sulfonamides is 1. The quantitative estimate of drug-likeness (QED) is 0.565. The second-order valence-corrected chi connectivity index (χ2v) is 7.52. The van der Waals surface area contributed by atoms with Crippen molar-refractivity contribution in [2.75, 3.05) is 0 Å². The number of benzene rings is 2. The molecule has 0 amide bonds. The summed E-state index contributed by atoms with van der Waals surface area (Å²) >= 11 is 0. The molecule has 0 saturated carbocycles. The van der Waals surface area contributed by atoms with Gasteiger partial charge in [-0.2, -0.15) is 5.10 Å². The average molecular weight is 469 g/mol. The van der Waals surface area contributed by atoms with Crippen LogP contribution in [0.25, 0.3) is 16.9 Å². The van der Waals surface area contributed by atoms with Crippen molar-refractivity contribution in [3.63, 3.8) is 0 Å². The zero-order chi connectivity index (χ0) is 23.1. The largest absolute Gasteiger partial charge is 0.573 e. The number of primary sulfonamides is 1. The molecule has 6 nitrogen and oxygen atoms in total. The van der Waals surface area contributed by atoms with Crippen molar-refractivity contribution in [3.8, 4) is 22.7 Å². The van der Waals surface area contributed by atoms with Gasteiger partial charge in [0.25, 0.3) is 6.43 Å². The molecule has 2 aromatic carbocycles. The molecule has 0 aliphatic carbocycles. The second-order valence-electron chi connectivity index (χ2n) is 6.02. The Morgan fingerprint density at radius 3 is 2.00 bits per heavy atom. The molecule has 0 aliphatic rings. The Morgan fingerprint density at radius 1 is 1.00 bits per heavy atom. The maximum absolute atomic E-state index is 14.2. The fourth-order valence-corrected chi connectivity index (χ4v) is 3.34. The van der Waals surface area contributed by atoms with Gasteiger partial charge in [-0.1, -0.05) is 0 Å². The topological polar surface area (TPSA) is 87.2 Å².